The molecule has 3 rings (SSSR count). The van der Waals surface area contributed by atoms with E-state index in [1.165, 1.54) is 107 Å². The second kappa shape index (κ2) is 19.7. The lowest BCUT2D eigenvalue weighted by atomic mass is 10.0. The van der Waals surface area contributed by atoms with Gasteiger partial charge in [0.15, 0.2) is 0 Å². The van der Waals surface area contributed by atoms with Crippen LogP contribution in [0.5, 0.6) is 0 Å². The summed E-state index contributed by atoms with van der Waals surface area (Å²) in [5, 5.41) is -0.108. The highest BCUT2D eigenvalue weighted by Crippen LogP contribution is 2.36. The standard InChI is InChI=1S/C34H54N2O3S2/c1-3-4-5-6-7-8-9-10-11-12-13-14-15-16-17-18-25-36-32(38)27-31(34(36)39)40-29-21-23-30(24-22-29)41-33-20-19-26-35(33)28(2)37/h21-24,31,33H,3-20,25-27H2,1-2H3. The zero-order valence-electron chi connectivity index (χ0n) is 25.7. The Hall–Kier alpha value is -1.47. The number of unbranched alkanes of at least 4 members (excludes halogenated alkanes) is 15. The van der Waals surface area contributed by atoms with Crippen molar-refractivity contribution in [2.75, 3.05) is 13.1 Å². The number of thioether (sulfide) groups is 2. The van der Waals surface area contributed by atoms with Crippen LogP contribution in [0.1, 0.15) is 136 Å². The van der Waals surface area contributed by atoms with Crippen LogP contribution in [0.2, 0.25) is 0 Å². The van der Waals surface area contributed by atoms with Crippen LogP contribution in [-0.4, -0.2) is 51.2 Å². The fraction of sp³-hybridized carbons (Fsp3) is 0.735. The number of hydrogen-bond donors (Lipinski definition) is 0. The molecule has 41 heavy (non-hydrogen) atoms. The summed E-state index contributed by atoms with van der Waals surface area (Å²) in [6, 6.07) is 8.21. The van der Waals surface area contributed by atoms with Crippen LogP contribution in [0.25, 0.3) is 0 Å². The van der Waals surface area contributed by atoms with Crippen LogP contribution in [-0.2, 0) is 14.4 Å². The Bertz CT molecular complexity index is 923. The van der Waals surface area contributed by atoms with E-state index in [9.17, 15) is 14.4 Å². The van der Waals surface area contributed by atoms with E-state index in [-0.39, 0.29) is 28.3 Å². The molecule has 0 aliphatic carbocycles. The summed E-state index contributed by atoms with van der Waals surface area (Å²) in [5.74, 6) is 0.0920. The number of imide groups is 1. The van der Waals surface area contributed by atoms with Crippen LogP contribution in [0.3, 0.4) is 0 Å². The van der Waals surface area contributed by atoms with Gasteiger partial charge in [-0.25, -0.2) is 0 Å². The van der Waals surface area contributed by atoms with Gasteiger partial charge in [-0.2, -0.15) is 0 Å². The van der Waals surface area contributed by atoms with Gasteiger partial charge in [0.1, 0.15) is 0 Å². The number of nitrogens with zero attached hydrogens (tertiary/aromatic N) is 2. The van der Waals surface area contributed by atoms with Crippen LogP contribution in [0.4, 0.5) is 0 Å². The maximum atomic E-state index is 13.0. The maximum absolute atomic E-state index is 13.0. The van der Waals surface area contributed by atoms with E-state index in [0.717, 1.165) is 42.0 Å². The maximum Gasteiger partial charge on any atom is 0.243 e. The van der Waals surface area contributed by atoms with Crippen molar-refractivity contribution in [1.29, 1.82) is 0 Å². The minimum atomic E-state index is -0.315. The summed E-state index contributed by atoms with van der Waals surface area (Å²) >= 11 is 3.23. The van der Waals surface area contributed by atoms with Crippen molar-refractivity contribution in [3.63, 3.8) is 0 Å². The molecule has 2 aliphatic rings. The second-order valence-electron chi connectivity index (χ2n) is 11.9. The molecule has 0 N–H and O–H groups in total. The first-order valence-electron chi connectivity index (χ1n) is 16.5. The minimum Gasteiger partial charge on any atom is -0.331 e. The van der Waals surface area contributed by atoms with Gasteiger partial charge in [-0.15, -0.1) is 23.5 Å². The number of amides is 3. The number of rotatable bonds is 21. The molecular formula is C34H54N2O3S2. The van der Waals surface area contributed by atoms with E-state index >= 15 is 0 Å². The molecule has 0 saturated carbocycles. The van der Waals surface area contributed by atoms with Crippen LogP contribution >= 0.6 is 23.5 Å². The van der Waals surface area contributed by atoms with Gasteiger partial charge in [-0.3, -0.25) is 19.3 Å². The number of benzene rings is 1. The molecule has 2 aliphatic heterocycles. The molecule has 3 amide bonds. The van der Waals surface area contributed by atoms with Gasteiger partial charge in [0.05, 0.1) is 10.6 Å². The molecule has 2 fully saturated rings. The molecule has 1 aromatic carbocycles. The Morgan fingerprint density at radius 2 is 1.24 bits per heavy atom. The third-order valence-corrected chi connectivity index (χ3v) is 10.9. The van der Waals surface area contributed by atoms with Gasteiger partial charge < -0.3 is 4.90 Å². The van der Waals surface area contributed by atoms with Crippen molar-refractivity contribution in [3.05, 3.63) is 24.3 Å². The molecule has 2 heterocycles. The van der Waals surface area contributed by atoms with Gasteiger partial charge in [-0.05, 0) is 43.5 Å². The molecule has 0 bridgehead atoms. The van der Waals surface area contributed by atoms with Crippen molar-refractivity contribution < 1.29 is 14.4 Å². The van der Waals surface area contributed by atoms with Crippen LogP contribution in [0, 0.1) is 0 Å². The number of carbonyl (C=O) groups is 3. The monoisotopic (exact) mass is 602 g/mol. The van der Waals surface area contributed by atoms with E-state index < -0.39 is 0 Å². The predicted molar refractivity (Wildman–Crippen MR) is 173 cm³/mol. The summed E-state index contributed by atoms with van der Waals surface area (Å²) in [5.41, 5.74) is 0. The number of carbonyl (C=O) groups excluding carboxylic acids is 3. The fourth-order valence-electron chi connectivity index (χ4n) is 5.93. The van der Waals surface area contributed by atoms with Gasteiger partial charge in [0, 0.05) is 36.2 Å². The average molecular weight is 603 g/mol. The molecule has 1 aromatic rings. The first-order chi connectivity index (χ1) is 20.0. The summed E-state index contributed by atoms with van der Waals surface area (Å²) in [6.07, 6.45) is 23.5. The molecule has 2 unspecified atom stereocenters. The van der Waals surface area contributed by atoms with Crippen LogP contribution < -0.4 is 0 Å². The Morgan fingerprint density at radius 3 is 1.76 bits per heavy atom. The van der Waals surface area contributed by atoms with Gasteiger partial charge in [0.2, 0.25) is 17.7 Å². The highest BCUT2D eigenvalue weighted by Gasteiger charge is 2.38. The Labute approximate surface area is 258 Å². The molecule has 0 radical (unpaired) electrons. The minimum absolute atomic E-state index is 0.0220. The first kappa shape index (κ1) is 34.0. The summed E-state index contributed by atoms with van der Waals surface area (Å²) in [4.78, 5) is 42.9. The smallest absolute Gasteiger partial charge is 0.243 e. The normalized spacial score (nSPS) is 19.1. The van der Waals surface area contributed by atoms with E-state index in [1.807, 2.05) is 17.0 Å². The molecule has 0 spiro atoms. The topological polar surface area (TPSA) is 57.7 Å². The first-order valence-corrected chi connectivity index (χ1v) is 18.3. The largest absolute Gasteiger partial charge is 0.331 e. The molecular weight excluding hydrogens is 549 g/mol. The van der Waals surface area contributed by atoms with Crippen molar-refractivity contribution in [3.8, 4) is 0 Å². The molecule has 230 valence electrons. The third-order valence-electron chi connectivity index (χ3n) is 8.41. The second-order valence-corrected chi connectivity index (χ2v) is 14.4. The van der Waals surface area contributed by atoms with Gasteiger partial charge in [0.25, 0.3) is 0 Å². The van der Waals surface area contributed by atoms with E-state index in [4.69, 9.17) is 0 Å². The molecule has 2 saturated heterocycles. The van der Waals surface area contributed by atoms with Gasteiger partial charge >= 0.3 is 0 Å². The summed E-state index contributed by atoms with van der Waals surface area (Å²) in [6.45, 7) is 5.33. The lowest BCUT2D eigenvalue weighted by Crippen LogP contribution is -2.32. The van der Waals surface area contributed by atoms with Crippen molar-refractivity contribution >= 4 is 41.2 Å². The Morgan fingerprint density at radius 1 is 0.756 bits per heavy atom. The summed E-state index contributed by atoms with van der Waals surface area (Å²) in [7, 11) is 0. The van der Waals surface area contributed by atoms with Crippen molar-refractivity contribution in [2.45, 2.75) is 156 Å². The Balaban J connectivity index is 1.22. The zero-order chi connectivity index (χ0) is 29.3. The quantitative estimate of drug-likeness (QED) is 0.104. The zero-order valence-corrected chi connectivity index (χ0v) is 27.4. The molecule has 2 atom stereocenters. The average Bonchev–Trinajstić information content (AvgIpc) is 3.53. The SMILES string of the molecule is CCCCCCCCCCCCCCCCCCN1C(=O)CC(Sc2ccc(SC3CCCN3C(C)=O)cc2)C1=O. The highest BCUT2D eigenvalue weighted by molar-refractivity contribution is 8.00. The summed E-state index contributed by atoms with van der Waals surface area (Å²) < 4.78 is 0. The molecule has 7 heteroatoms. The van der Waals surface area contributed by atoms with Crippen LogP contribution in [0.15, 0.2) is 34.1 Å². The third kappa shape index (κ3) is 12.3. The fourth-order valence-corrected chi connectivity index (χ4v) is 8.28. The lowest BCUT2D eigenvalue weighted by molar-refractivity contribution is -0.138. The molecule has 0 aromatic heterocycles. The van der Waals surface area contributed by atoms with Gasteiger partial charge in [-0.1, -0.05) is 103 Å². The lowest BCUT2D eigenvalue weighted by Gasteiger charge is -2.22. The van der Waals surface area contributed by atoms with E-state index in [0.29, 0.717) is 13.0 Å². The Kier molecular flexibility index (Phi) is 16.3. The number of likely N-dealkylation sites (tertiary alicyclic amines) is 2. The van der Waals surface area contributed by atoms with Crippen molar-refractivity contribution in [2.24, 2.45) is 0 Å². The number of hydrogen-bond acceptors (Lipinski definition) is 5. The predicted octanol–water partition coefficient (Wildman–Crippen LogP) is 9.23. The molecule has 5 nitrogen and oxygen atoms in total. The van der Waals surface area contributed by atoms with E-state index in [1.54, 1.807) is 18.7 Å². The highest BCUT2D eigenvalue weighted by atomic mass is 32.2. The van der Waals surface area contributed by atoms with Crippen molar-refractivity contribution in [1.82, 2.24) is 9.80 Å². The van der Waals surface area contributed by atoms with E-state index in [2.05, 4.69) is 19.1 Å².